The molecule has 186 valence electrons. The van der Waals surface area contributed by atoms with E-state index in [2.05, 4.69) is 20.7 Å². The zero-order valence-electron chi connectivity index (χ0n) is 19.7. The van der Waals surface area contributed by atoms with E-state index in [-0.39, 0.29) is 17.3 Å². The first kappa shape index (κ1) is 24.3. The topological polar surface area (TPSA) is 109 Å². The monoisotopic (exact) mass is 515 g/mol. The van der Waals surface area contributed by atoms with Crippen LogP contribution in [0.5, 0.6) is 0 Å². The Bertz CT molecular complexity index is 1500. The molecule has 5 rings (SSSR count). The molecule has 1 unspecified atom stereocenters. The molecule has 0 radical (unpaired) electrons. The highest BCUT2D eigenvalue weighted by molar-refractivity contribution is 7.98. The van der Waals surface area contributed by atoms with E-state index in [0.29, 0.717) is 44.9 Å². The predicted molar refractivity (Wildman–Crippen MR) is 139 cm³/mol. The molecule has 0 saturated carbocycles. The molecule has 1 amide bonds. The number of anilines is 2. The van der Waals surface area contributed by atoms with Crippen molar-refractivity contribution >= 4 is 35.3 Å². The lowest BCUT2D eigenvalue weighted by Gasteiger charge is -2.28. The quantitative estimate of drug-likeness (QED) is 0.285. The largest absolute Gasteiger partial charge is 0.478 e. The highest BCUT2D eigenvalue weighted by Gasteiger charge is 2.34. The zero-order valence-corrected chi connectivity index (χ0v) is 20.5. The van der Waals surface area contributed by atoms with Gasteiger partial charge in [-0.15, -0.1) is 5.10 Å². The van der Waals surface area contributed by atoms with Crippen LogP contribution in [0.3, 0.4) is 0 Å². The fourth-order valence-corrected chi connectivity index (χ4v) is 4.90. The van der Waals surface area contributed by atoms with Gasteiger partial charge in [-0.05, 0) is 48.4 Å². The number of thioether (sulfide) groups is 1. The number of carbonyl (C=O) groups excluding carboxylic acids is 1. The van der Waals surface area contributed by atoms with E-state index >= 15 is 0 Å². The summed E-state index contributed by atoms with van der Waals surface area (Å²) in [4.78, 5) is 29.4. The first-order valence-electron chi connectivity index (χ1n) is 11.4. The van der Waals surface area contributed by atoms with Gasteiger partial charge in [0.15, 0.2) is 0 Å². The Morgan fingerprint density at radius 1 is 1.05 bits per heavy atom. The van der Waals surface area contributed by atoms with Gasteiger partial charge in [0, 0.05) is 17.1 Å². The summed E-state index contributed by atoms with van der Waals surface area (Å²) < 4.78 is 15.7. The number of fused-ring (bicyclic) bond motifs is 1. The number of para-hydroxylation sites is 1. The number of aromatic carboxylic acids is 1. The molecule has 3 N–H and O–H groups in total. The summed E-state index contributed by atoms with van der Waals surface area (Å²) in [6, 6.07) is 21.3. The Labute approximate surface area is 216 Å². The van der Waals surface area contributed by atoms with Crippen molar-refractivity contribution in [3.8, 4) is 0 Å². The average Bonchev–Trinajstić information content (AvgIpc) is 3.30. The molecule has 1 aliphatic heterocycles. The van der Waals surface area contributed by atoms with Gasteiger partial charge in [0.1, 0.15) is 11.9 Å². The third-order valence-electron chi connectivity index (χ3n) is 5.90. The number of nitrogens with zero attached hydrogens (tertiary/aromatic N) is 3. The van der Waals surface area contributed by atoms with Crippen LogP contribution in [0.4, 0.5) is 16.0 Å². The number of rotatable bonds is 7. The van der Waals surface area contributed by atoms with Crippen LogP contribution >= 0.6 is 11.8 Å². The Morgan fingerprint density at radius 3 is 2.46 bits per heavy atom. The highest BCUT2D eigenvalue weighted by Crippen LogP contribution is 2.37. The maximum atomic E-state index is 14.1. The minimum atomic E-state index is -1.04. The van der Waals surface area contributed by atoms with Crippen LogP contribution in [0.25, 0.3) is 0 Å². The number of aromatic nitrogens is 3. The van der Waals surface area contributed by atoms with E-state index in [1.54, 1.807) is 54.1 Å². The van der Waals surface area contributed by atoms with Crippen LogP contribution in [0.2, 0.25) is 0 Å². The third kappa shape index (κ3) is 5.10. The number of hydrogen-bond donors (Lipinski definition) is 3. The van der Waals surface area contributed by atoms with Crippen molar-refractivity contribution in [1.82, 2.24) is 14.8 Å². The molecule has 37 heavy (non-hydrogen) atoms. The second-order valence-corrected chi connectivity index (χ2v) is 9.30. The second-order valence-electron chi connectivity index (χ2n) is 8.36. The zero-order chi connectivity index (χ0) is 25.9. The van der Waals surface area contributed by atoms with Crippen LogP contribution in [0, 0.1) is 5.82 Å². The van der Waals surface area contributed by atoms with Gasteiger partial charge in [0.05, 0.1) is 11.1 Å². The van der Waals surface area contributed by atoms with Crippen LogP contribution in [-0.2, 0) is 10.5 Å². The maximum absolute atomic E-state index is 14.1. The van der Waals surface area contributed by atoms with Crippen LogP contribution in [0.1, 0.15) is 34.5 Å². The fraction of sp³-hybridized carbons (Fsp3) is 0.111. The number of halogens is 1. The first-order valence-corrected chi connectivity index (χ1v) is 12.4. The number of benzene rings is 3. The van der Waals surface area contributed by atoms with Crippen molar-refractivity contribution in [2.45, 2.75) is 23.9 Å². The summed E-state index contributed by atoms with van der Waals surface area (Å²) in [5.41, 5.74) is 2.97. The lowest BCUT2D eigenvalue weighted by Crippen LogP contribution is -2.31. The molecule has 3 aromatic carbocycles. The number of carbonyl (C=O) groups is 2. The molecule has 0 bridgehead atoms. The molecule has 1 aliphatic rings. The number of allylic oxidation sites excluding steroid dienone is 1. The Hall–Kier alpha value is -4.44. The normalized spacial score (nSPS) is 14.6. The van der Waals surface area contributed by atoms with E-state index in [1.807, 2.05) is 18.2 Å². The Balaban J connectivity index is 1.51. The molecular formula is C27H22FN5O3S. The molecule has 10 heteroatoms. The Kier molecular flexibility index (Phi) is 6.74. The number of carboxylic acids is 1. The van der Waals surface area contributed by atoms with Gasteiger partial charge in [-0.25, -0.2) is 13.9 Å². The first-order chi connectivity index (χ1) is 17.9. The molecule has 0 saturated heterocycles. The van der Waals surface area contributed by atoms with Crippen LogP contribution in [0.15, 0.2) is 95.3 Å². The highest BCUT2D eigenvalue weighted by atomic mass is 32.2. The van der Waals surface area contributed by atoms with Crippen LogP contribution in [-0.4, -0.2) is 31.7 Å². The van der Waals surface area contributed by atoms with E-state index in [9.17, 15) is 19.1 Å². The van der Waals surface area contributed by atoms with Crippen LogP contribution < -0.4 is 10.6 Å². The van der Waals surface area contributed by atoms with Crippen molar-refractivity contribution in [2.24, 2.45) is 0 Å². The molecule has 0 aliphatic carbocycles. The van der Waals surface area contributed by atoms with E-state index in [4.69, 9.17) is 0 Å². The summed E-state index contributed by atoms with van der Waals surface area (Å²) in [6.07, 6.45) is 0. The van der Waals surface area contributed by atoms with Gasteiger partial charge in [-0.3, -0.25) is 4.79 Å². The standard InChI is InChI=1S/C27H22FN5O3S/c1-16-22(24(34)30-20-8-3-2-4-9-20)23(17-11-13-18(14-12-17)25(35)36)33-26(29-16)31-27(32-33)37-15-19-7-5-6-10-21(19)28/h2-14,23H,15H2,1H3,(H,30,34)(H,35,36)(H,29,31,32). The molecule has 0 fully saturated rings. The minimum absolute atomic E-state index is 0.133. The number of carboxylic acid groups (broad SMARTS) is 1. The molecule has 1 atom stereocenters. The van der Waals surface area contributed by atoms with Gasteiger partial charge in [0.25, 0.3) is 5.91 Å². The number of hydrogen-bond acceptors (Lipinski definition) is 6. The third-order valence-corrected chi connectivity index (χ3v) is 6.78. The number of amides is 1. The molecule has 1 aromatic heterocycles. The van der Waals surface area contributed by atoms with Gasteiger partial charge < -0.3 is 15.7 Å². The lowest BCUT2D eigenvalue weighted by atomic mass is 9.94. The van der Waals surface area contributed by atoms with Gasteiger partial charge in [-0.1, -0.05) is 60.3 Å². The molecule has 0 spiro atoms. The van der Waals surface area contributed by atoms with Crippen molar-refractivity contribution < 1.29 is 19.1 Å². The molecule has 2 heterocycles. The molecule has 8 nitrogen and oxygen atoms in total. The van der Waals surface area contributed by atoms with Gasteiger partial charge in [-0.2, -0.15) is 4.98 Å². The van der Waals surface area contributed by atoms with Gasteiger partial charge >= 0.3 is 5.97 Å². The average molecular weight is 516 g/mol. The summed E-state index contributed by atoms with van der Waals surface area (Å²) in [5.74, 6) is -0.908. The molecular weight excluding hydrogens is 493 g/mol. The second kappa shape index (κ2) is 10.3. The lowest BCUT2D eigenvalue weighted by molar-refractivity contribution is -0.113. The summed E-state index contributed by atoms with van der Waals surface area (Å²) >= 11 is 1.28. The maximum Gasteiger partial charge on any atom is 0.335 e. The summed E-state index contributed by atoms with van der Waals surface area (Å²) in [5, 5.41) is 20.5. The fourth-order valence-electron chi connectivity index (χ4n) is 4.08. The van der Waals surface area contributed by atoms with Crippen molar-refractivity contribution in [3.63, 3.8) is 0 Å². The minimum Gasteiger partial charge on any atom is -0.478 e. The van der Waals surface area contributed by atoms with Crippen molar-refractivity contribution in [3.05, 3.63) is 113 Å². The Morgan fingerprint density at radius 2 is 1.76 bits per heavy atom. The van der Waals surface area contributed by atoms with E-state index in [1.165, 1.54) is 30.0 Å². The SMILES string of the molecule is CC1=C(C(=O)Nc2ccccc2)C(c2ccc(C(=O)O)cc2)n2nc(SCc3ccccc3F)nc2N1. The predicted octanol–water partition coefficient (Wildman–Crippen LogP) is 5.34. The van der Waals surface area contributed by atoms with E-state index < -0.39 is 12.0 Å². The smallest absolute Gasteiger partial charge is 0.335 e. The molecule has 4 aromatic rings. The summed E-state index contributed by atoms with van der Waals surface area (Å²) in [6.45, 7) is 1.78. The number of nitrogens with one attached hydrogen (secondary N) is 2. The van der Waals surface area contributed by atoms with Crippen molar-refractivity contribution in [1.29, 1.82) is 0 Å². The van der Waals surface area contributed by atoms with Crippen molar-refractivity contribution in [2.75, 3.05) is 10.6 Å². The van der Waals surface area contributed by atoms with Gasteiger partial charge in [0.2, 0.25) is 11.1 Å². The summed E-state index contributed by atoms with van der Waals surface area (Å²) in [7, 11) is 0. The van der Waals surface area contributed by atoms with E-state index in [0.717, 1.165) is 0 Å².